The lowest BCUT2D eigenvalue weighted by Crippen LogP contribution is -2.47. The number of hydrogen-bond acceptors (Lipinski definition) is 5. The Labute approximate surface area is 175 Å². The van der Waals surface area contributed by atoms with E-state index in [1.54, 1.807) is 38.3 Å². The Bertz CT molecular complexity index is 896. The Morgan fingerprint density at radius 1 is 0.867 bits per heavy atom. The van der Waals surface area contributed by atoms with Crippen molar-refractivity contribution in [2.45, 2.75) is 39.7 Å². The average Bonchev–Trinajstić information content (AvgIpc) is 2.73. The van der Waals surface area contributed by atoms with Crippen LogP contribution in [-0.4, -0.2) is 30.9 Å². The maximum absolute atomic E-state index is 12.1. The number of nitrogens with one attached hydrogen (secondary N) is 3. The first-order valence-corrected chi connectivity index (χ1v) is 9.55. The highest BCUT2D eigenvalue weighted by Gasteiger charge is 2.16. The van der Waals surface area contributed by atoms with Gasteiger partial charge in [-0.25, -0.2) is 0 Å². The van der Waals surface area contributed by atoms with Crippen molar-refractivity contribution in [1.82, 2.24) is 10.9 Å². The number of benzene rings is 2. The van der Waals surface area contributed by atoms with Crippen molar-refractivity contribution >= 4 is 23.4 Å². The van der Waals surface area contributed by atoms with Crippen LogP contribution in [0.3, 0.4) is 0 Å². The lowest BCUT2D eigenvalue weighted by molar-refractivity contribution is -0.133. The van der Waals surface area contributed by atoms with Crippen LogP contribution in [0.5, 0.6) is 11.5 Å². The molecule has 0 aliphatic rings. The molecule has 0 bridgehead atoms. The zero-order chi connectivity index (χ0) is 22.1. The van der Waals surface area contributed by atoms with Crippen LogP contribution < -0.4 is 25.6 Å². The monoisotopic (exact) mass is 413 g/mol. The van der Waals surface area contributed by atoms with E-state index >= 15 is 0 Å². The molecule has 8 nitrogen and oxygen atoms in total. The van der Waals surface area contributed by atoms with Gasteiger partial charge in [-0.1, -0.05) is 6.07 Å². The number of carbonyl (C=O) groups is 3. The summed E-state index contributed by atoms with van der Waals surface area (Å²) in [7, 11) is 1.56. The molecule has 0 aliphatic carbocycles. The number of amides is 3. The fourth-order valence-electron chi connectivity index (χ4n) is 2.48. The van der Waals surface area contributed by atoms with Gasteiger partial charge >= 0.3 is 0 Å². The van der Waals surface area contributed by atoms with Gasteiger partial charge < -0.3 is 14.8 Å². The Balaban J connectivity index is 1.70. The molecule has 0 aliphatic heterocycles. The summed E-state index contributed by atoms with van der Waals surface area (Å²) in [4.78, 5) is 36.0. The molecule has 0 fully saturated rings. The standard InChI is InChI=1S/C22H27N3O5/c1-14-5-6-17(13-15(14)2)23-20(26)11-12-21(27)24-25-22(28)16(3)30-19-9-7-18(29-4)8-10-19/h5-10,13,16H,11-12H2,1-4H3,(H,23,26)(H,24,27)(H,25,28). The van der Waals surface area contributed by atoms with E-state index in [4.69, 9.17) is 9.47 Å². The van der Waals surface area contributed by atoms with Gasteiger partial charge in [0.25, 0.3) is 5.91 Å². The van der Waals surface area contributed by atoms with Gasteiger partial charge in [0.05, 0.1) is 7.11 Å². The molecule has 30 heavy (non-hydrogen) atoms. The molecule has 0 radical (unpaired) electrons. The van der Waals surface area contributed by atoms with Crippen LogP contribution in [0.4, 0.5) is 5.69 Å². The van der Waals surface area contributed by atoms with Crippen molar-refractivity contribution in [3.63, 3.8) is 0 Å². The maximum atomic E-state index is 12.1. The Kier molecular flexibility index (Phi) is 8.22. The quantitative estimate of drug-likeness (QED) is 0.577. The van der Waals surface area contributed by atoms with Crippen LogP contribution in [0.2, 0.25) is 0 Å². The molecule has 1 atom stereocenters. The summed E-state index contributed by atoms with van der Waals surface area (Å²) in [5, 5.41) is 2.75. The highest BCUT2D eigenvalue weighted by molar-refractivity contribution is 5.93. The van der Waals surface area contributed by atoms with Crippen LogP contribution in [0.25, 0.3) is 0 Å². The van der Waals surface area contributed by atoms with E-state index in [9.17, 15) is 14.4 Å². The highest BCUT2D eigenvalue weighted by atomic mass is 16.5. The Morgan fingerprint density at radius 2 is 1.50 bits per heavy atom. The van der Waals surface area contributed by atoms with E-state index in [1.807, 2.05) is 32.0 Å². The first-order valence-electron chi connectivity index (χ1n) is 9.55. The summed E-state index contributed by atoms with van der Waals surface area (Å²) < 4.78 is 10.6. The molecule has 2 rings (SSSR count). The predicted molar refractivity (Wildman–Crippen MR) is 113 cm³/mol. The van der Waals surface area contributed by atoms with Crippen molar-refractivity contribution in [3.8, 4) is 11.5 Å². The van der Waals surface area contributed by atoms with E-state index in [-0.39, 0.29) is 18.7 Å². The van der Waals surface area contributed by atoms with E-state index in [2.05, 4.69) is 16.2 Å². The van der Waals surface area contributed by atoms with E-state index in [0.717, 1.165) is 11.1 Å². The van der Waals surface area contributed by atoms with Gasteiger partial charge in [0.2, 0.25) is 11.8 Å². The minimum absolute atomic E-state index is 0.00741. The molecule has 2 aromatic carbocycles. The van der Waals surface area contributed by atoms with Gasteiger partial charge in [0, 0.05) is 18.5 Å². The maximum Gasteiger partial charge on any atom is 0.279 e. The van der Waals surface area contributed by atoms with Crippen molar-refractivity contribution in [2.75, 3.05) is 12.4 Å². The molecule has 0 saturated carbocycles. The molecule has 0 saturated heterocycles. The number of anilines is 1. The molecule has 8 heteroatoms. The normalized spacial score (nSPS) is 11.2. The largest absolute Gasteiger partial charge is 0.497 e. The van der Waals surface area contributed by atoms with Crippen LogP contribution in [0.1, 0.15) is 30.9 Å². The summed E-state index contributed by atoms with van der Waals surface area (Å²) in [5.41, 5.74) is 7.46. The summed E-state index contributed by atoms with van der Waals surface area (Å²) >= 11 is 0. The molecule has 3 amide bonds. The molecule has 3 N–H and O–H groups in total. The third kappa shape index (κ3) is 7.12. The zero-order valence-corrected chi connectivity index (χ0v) is 17.6. The fourth-order valence-corrected chi connectivity index (χ4v) is 2.48. The van der Waals surface area contributed by atoms with Crippen LogP contribution in [0.15, 0.2) is 42.5 Å². The van der Waals surface area contributed by atoms with Crippen molar-refractivity contribution < 1.29 is 23.9 Å². The van der Waals surface area contributed by atoms with Gasteiger partial charge in [-0.3, -0.25) is 25.2 Å². The fraction of sp³-hybridized carbons (Fsp3) is 0.318. The third-order valence-corrected chi connectivity index (χ3v) is 4.44. The summed E-state index contributed by atoms with van der Waals surface area (Å²) in [6.45, 7) is 5.51. The molecular formula is C22H27N3O5. The number of hydrogen-bond donors (Lipinski definition) is 3. The topological polar surface area (TPSA) is 106 Å². The third-order valence-electron chi connectivity index (χ3n) is 4.44. The van der Waals surface area contributed by atoms with Gasteiger partial charge in [0.1, 0.15) is 11.5 Å². The number of carbonyl (C=O) groups excluding carboxylic acids is 3. The van der Waals surface area contributed by atoms with Crippen LogP contribution in [0, 0.1) is 13.8 Å². The van der Waals surface area contributed by atoms with Crippen LogP contribution in [-0.2, 0) is 14.4 Å². The van der Waals surface area contributed by atoms with E-state index < -0.39 is 17.9 Å². The molecule has 2 aromatic rings. The lowest BCUT2D eigenvalue weighted by atomic mass is 10.1. The first-order chi connectivity index (χ1) is 14.3. The van der Waals surface area contributed by atoms with Gasteiger partial charge in [-0.2, -0.15) is 0 Å². The van der Waals surface area contributed by atoms with Crippen LogP contribution >= 0.6 is 0 Å². The predicted octanol–water partition coefficient (Wildman–Crippen LogP) is 2.65. The molecule has 160 valence electrons. The van der Waals surface area contributed by atoms with Crippen molar-refractivity contribution in [3.05, 3.63) is 53.6 Å². The second kappa shape index (κ2) is 10.8. The van der Waals surface area contributed by atoms with Crippen molar-refractivity contribution in [1.29, 1.82) is 0 Å². The van der Waals surface area contributed by atoms with Gasteiger partial charge in [-0.05, 0) is 68.3 Å². The second-order valence-electron chi connectivity index (χ2n) is 6.82. The molecule has 0 heterocycles. The molecule has 1 unspecified atom stereocenters. The van der Waals surface area contributed by atoms with Gasteiger partial charge in [-0.15, -0.1) is 0 Å². The van der Waals surface area contributed by atoms with Gasteiger partial charge in [0.15, 0.2) is 6.10 Å². The summed E-state index contributed by atoms with van der Waals surface area (Å²) in [5.74, 6) is -0.106. The molecule has 0 aromatic heterocycles. The Morgan fingerprint density at radius 3 is 2.13 bits per heavy atom. The minimum Gasteiger partial charge on any atom is -0.497 e. The SMILES string of the molecule is COc1ccc(OC(C)C(=O)NNC(=O)CCC(=O)Nc2ccc(C)c(C)c2)cc1. The molecule has 0 spiro atoms. The minimum atomic E-state index is -0.827. The Hall–Kier alpha value is -3.55. The van der Waals surface area contributed by atoms with Crippen molar-refractivity contribution in [2.24, 2.45) is 0 Å². The summed E-state index contributed by atoms with van der Waals surface area (Å²) in [6.07, 6.45) is -0.899. The number of methoxy groups -OCH3 is 1. The summed E-state index contributed by atoms with van der Waals surface area (Å²) in [6, 6.07) is 12.4. The highest BCUT2D eigenvalue weighted by Crippen LogP contribution is 2.18. The van der Waals surface area contributed by atoms with E-state index in [0.29, 0.717) is 17.2 Å². The number of hydrazine groups is 1. The first kappa shape index (κ1) is 22.7. The second-order valence-corrected chi connectivity index (χ2v) is 6.82. The number of ether oxygens (including phenoxy) is 2. The number of aryl methyl sites for hydroxylation is 2. The average molecular weight is 413 g/mol. The number of rotatable bonds is 8. The molecular weight excluding hydrogens is 386 g/mol. The van der Waals surface area contributed by atoms with E-state index in [1.165, 1.54) is 0 Å². The smallest absolute Gasteiger partial charge is 0.279 e. The zero-order valence-electron chi connectivity index (χ0n) is 17.6. The lowest BCUT2D eigenvalue weighted by Gasteiger charge is -2.15.